The zero-order valence-electron chi connectivity index (χ0n) is 32.1. The molecule has 3 heteroatoms. The van der Waals surface area contributed by atoms with Gasteiger partial charge in [-0.1, -0.05) is 0 Å². The number of rotatable bonds is 8. The summed E-state index contributed by atoms with van der Waals surface area (Å²) in [7, 11) is 0. The fraction of sp³-hybridized carbons (Fsp3) is 0.170. The van der Waals surface area contributed by atoms with Gasteiger partial charge in [-0.2, -0.15) is 0 Å². The van der Waals surface area contributed by atoms with Gasteiger partial charge < -0.3 is 10.2 Å². The van der Waals surface area contributed by atoms with Gasteiger partial charge in [0, 0.05) is 13.2 Å². The van der Waals surface area contributed by atoms with Gasteiger partial charge in [0.1, 0.15) is 0 Å². The van der Waals surface area contributed by atoms with E-state index in [9.17, 15) is 0 Å². The maximum atomic E-state index is 7.91. The van der Waals surface area contributed by atoms with E-state index < -0.39 is 23.2 Å². The summed E-state index contributed by atoms with van der Waals surface area (Å²) in [5, 5.41) is 26.4. The monoisotopic (exact) mass is 804 g/mol. The minimum absolute atomic E-state index is 0.0938. The molecule has 2 nitrogen and oxygen atoms in total. The zero-order valence-corrected chi connectivity index (χ0v) is 34.6. The number of benzene rings is 8. The van der Waals surface area contributed by atoms with Crippen molar-refractivity contribution in [2.24, 2.45) is 0 Å². The molecule has 56 heavy (non-hydrogen) atoms. The van der Waals surface area contributed by atoms with Gasteiger partial charge in [-0.05, 0) is 6.42 Å². The van der Waals surface area contributed by atoms with Gasteiger partial charge in [0.2, 0.25) is 0 Å². The summed E-state index contributed by atoms with van der Waals surface area (Å²) in [6, 6.07) is 54.8. The summed E-state index contributed by atoms with van der Waals surface area (Å²) in [4.78, 5) is 0. The minimum Gasteiger partial charge on any atom is -0.396 e. The largest absolute Gasteiger partial charge is 0.396 e. The second-order valence-electron chi connectivity index (χ2n) is 15.0. The smallest absolute Gasteiger partial charge is 0.0452 e. The van der Waals surface area contributed by atoms with Gasteiger partial charge >= 0.3 is 314 Å². The maximum absolute atomic E-state index is 7.91. The number of fused-ring (bicyclic) bond motifs is 6. The molecule has 0 amide bonds. The van der Waals surface area contributed by atoms with E-state index >= 15 is 0 Å². The van der Waals surface area contributed by atoms with Gasteiger partial charge in [-0.15, -0.1) is 0 Å². The molecular formula is C53H46O2Zr. The molecule has 2 atom stereocenters. The van der Waals surface area contributed by atoms with Gasteiger partial charge in [0.25, 0.3) is 0 Å². The van der Waals surface area contributed by atoms with Crippen molar-refractivity contribution < 1.29 is 33.4 Å². The molecule has 0 saturated carbocycles. The summed E-state index contributed by atoms with van der Waals surface area (Å²) in [5.41, 5.74) is 14.8. The molecule has 2 N–H and O–H groups in total. The first-order valence-electron chi connectivity index (χ1n) is 20.1. The topological polar surface area (TPSA) is 40.5 Å². The van der Waals surface area contributed by atoms with Gasteiger partial charge in [-0.3, -0.25) is 0 Å². The van der Waals surface area contributed by atoms with Crippen molar-refractivity contribution in [3.63, 3.8) is 0 Å². The molecule has 2 aliphatic carbocycles. The molecule has 0 aromatic heterocycles. The van der Waals surface area contributed by atoms with E-state index in [1.807, 2.05) is 0 Å². The van der Waals surface area contributed by atoms with Crippen LogP contribution in [-0.4, -0.2) is 23.4 Å². The molecule has 2 unspecified atom stereocenters. The van der Waals surface area contributed by atoms with E-state index in [0.29, 0.717) is 13.7 Å². The fourth-order valence-electron chi connectivity index (χ4n) is 9.22. The van der Waals surface area contributed by atoms with Crippen LogP contribution in [0, 0.1) is 0 Å². The van der Waals surface area contributed by atoms with Crippen LogP contribution in [0.5, 0.6) is 0 Å². The molecule has 0 aliphatic heterocycles. The van der Waals surface area contributed by atoms with Crippen LogP contribution >= 0.6 is 0 Å². The van der Waals surface area contributed by atoms with Crippen molar-refractivity contribution in [3.05, 3.63) is 179 Å². The molecule has 0 saturated heterocycles. The first-order chi connectivity index (χ1) is 27.6. The Morgan fingerprint density at radius 2 is 0.804 bits per heavy atom. The van der Waals surface area contributed by atoms with Crippen molar-refractivity contribution in [3.8, 4) is 22.3 Å². The maximum Gasteiger partial charge on any atom is 0.0452 e. The Morgan fingerprint density at radius 3 is 1.12 bits per heavy atom. The Balaban J connectivity index is 0.000000773. The molecule has 0 spiro atoms. The molecule has 0 bridgehead atoms. The van der Waals surface area contributed by atoms with Crippen molar-refractivity contribution >= 4 is 55.2 Å². The van der Waals surface area contributed by atoms with Crippen molar-refractivity contribution in [1.29, 1.82) is 0 Å². The van der Waals surface area contributed by atoms with Crippen LogP contribution < -0.4 is 0 Å². The van der Waals surface area contributed by atoms with Crippen LogP contribution in [-0.2, 0) is 23.2 Å². The molecule has 2 aliphatic rings. The Morgan fingerprint density at radius 1 is 0.446 bits per heavy atom. The molecule has 0 radical (unpaired) electrons. The number of aliphatic hydroxyl groups excluding tert-OH is 2. The predicted octanol–water partition coefficient (Wildman–Crippen LogP) is 13.5. The summed E-state index contributed by atoms with van der Waals surface area (Å²) >= 11 is -1.06. The van der Waals surface area contributed by atoms with Crippen LogP contribution in [0.2, 0.25) is 0 Å². The van der Waals surface area contributed by atoms with E-state index in [2.05, 4.69) is 172 Å². The summed E-state index contributed by atoms with van der Waals surface area (Å²) in [6.45, 7) is 4.94. The van der Waals surface area contributed by atoms with Crippen LogP contribution in [0.25, 0.3) is 77.5 Å². The Labute approximate surface area is 341 Å². The Hall–Kier alpha value is -4.92. The molecule has 0 fully saturated rings. The van der Waals surface area contributed by atoms with Crippen molar-refractivity contribution in [1.82, 2.24) is 0 Å². The van der Waals surface area contributed by atoms with Crippen molar-refractivity contribution in [2.45, 2.75) is 40.4 Å². The standard InChI is InChI=1S/2C25H19.C3H8O2.Zr/c2*1-2-17-14-18-10-7-13-23(24(18)15-17)25-21-11-5-3-8-19(21)16-20-9-4-6-12-22(20)25;4-2-1-3-5;/h2*3-16H,2H2,1H3;4-5H,1-3H2;. The third-order valence-electron chi connectivity index (χ3n) is 11.9. The van der Waals surface area contributed by atoms with E-state index in [1.165, 1.54) is 76.5 Å². The Kier molecular flexibility index (Phi) is 10.4. The van der Waals surface area contributed by atoms with E-state index in [1.54, 1.807) is 22.3 Å². The molecule has 0 heterocycles. The summed E-state index contributed by atoms with van der Waals surface area (Å²) in [5.74, 6) is 0. The summed E-state index contributed by atoms with van der Waals surface area (Å²) < 4.78 is 1.12. The third-order valence-corrected chi connectivity index (χ3v) is 16.8. The summed E-state index contributed by atoms with van der Waals surface area (Å²) in [6.07, 6.45) is 7.89. The van der Waals surface area contributed by atoms with Crippen LogP contribution in [0.3, 0.4) is 0 Å². The first kappa shape index (κ1) is 36.7. The van der Waals surface area contributed by atoms with Gasteiger partial charge in [0.05, 0.1) is 0 Å². The SMILES string of the molecule is CCC1=Cc2c(-c3c4ccccc4cc4ccccc34)cccc2[CH]1[Zr][CH]1C(CC)=Cc2c(-c3c4ccccc4cc4ccccc34)cccc21.OCCCO. The Bertz CT molecular complexity index is 2530. The number of aliphatic hydroxyl groups is 2. The van der Waals surface area contributed by atoms with E-state index in [-0.39, 0.29) is 13.2 Å². The molecular weight excluding hydrogens is 760 g/mol. The molecule has 8 aromatic carbocycles. The normalized spacial score (nSPS) is 15.7. The number of hydrogen-bond donors (Lipinski definition) is 2. The average Bonchev–Trinajstić information content (AvgIpc) is 3.80. The number of hydrogen-bond acceptors (Lipinski definition) is 2. The van der Waals surface area contributed by atoms with E-state index in [0.717, 1.165) is 12.8 Å². The third kappa shape index (κ3) is 6.41. The molecule has 274 valence electrons. The second kappa shape index (κ2) is 15.9. The van der Waals surface area contributed by atoms with Gasteiger partial charge in [-0.25, -0.2) is 0 Å². The predicted molar refractivity (Wildman–Crippen MR) is 235 cm³/mol. The molecule has 8 aromatic rings. The quantitative estimate of drug-likeness (QED) is 0.150. The van der Waals surface area contributed by atoms with Crippen molar-refractivity contribution in [2.75, 3.05) is 13.2 Å². The molecule has 10 rings (SSSR count). The first-order valence-corrected chi connectivity index (χ1v) is 22.9. The minimum atomic E-state index is -1.06. The van der Waals surface area contributed by atoms with E-state index in [4.69, 9.17) is 10.2 Å². The number of allylic oxidation sites excluding steroid dienone is 2. The average molecular weight is 806 g/mol. The van der Waals surface area contributed by atoms with Crippen LogP contribution in [0.15, 0.2) is 157 Å². The van der Waals surface area contributed by atoms with Crippen LogP contribution in [0.4, 0.5) is 0 Å². The van der Waals surface area contributed by atoms with Crippen LogP contribution in [0.1, 0.15) is 62.6 Å². The second-order valence-corrected chi connectivity index (χ2v) is 18.6. The van der Waals surface area contributed by atoms with Gasteiger partial charge in [0.15, 0.2) is 0 Å². The fourth-order valence-corrected chi connectivity index (χ4v) is 14.6. The zero-order chi connectivity index (χ0) is 38.2.